The van der Waals surface area contributed by atoms with Crippen LogP contribution in [0.3, 0.4) is 0 Å². The minimum absolute atomic E-state index is 1.00. The van der Waals surface area contributed by atoms with E-state index in [9.17, 15) is 0 Å². The van der Waals surface area contributed by atoms with E-state index >= 15 is 0 Å². The maximum atomic E-state index is 5.66. The molecule has 17 heavy (non-hydrogen) atoms. The molecule has 0 radical (unpaired) electrons. The second kappa shape index (κ2) is 5.69. The molecule has 0 aliphatic rings. The lowest BCUT2D eigenvalue weighted by Gasteiger charge is -2.03. The Bertz CT molecular complexity index is 504. The van der Waals surface area contributed by atoms with Gasteiger partial charge in [0.1, 0.15) is 5.58 Å². The van der Waals surface area contributed by atoms with Crippen LogP contribution in [0.15, 0.2) is 27.3 Å². The molecule has 0 fully saturated rings. The number of furan rings is 1. The molecule has 0 amide bonds. The second-order valence-corrected chi connectivity index (χ2v) is 5.18. The zero-order valence-corrected chi connectivity index (χ0v) is 11.9. The number of nitrogens with one attached hydrogen (secondary N) is 1. The molecule has 0 bridgehead atoms. The highest BCUT2D eigenvalue weighted by Crippen LogP contribution is 2.31. The van der Waals surface area contributed by atoms with Gasteiger partial charge in [-0.3, -0.25) is 0 Å². The van der Waals surface area contributed by atoms with Gasteiger partial charge >= 0.3 is 0 Å². The Labute approximate surface area is 111 Å². The van der Waals surface area contributed by atoms with E-state index in [-0.39, 0.29) is 0 Å². The van der Waals surface area contributed by atoms with Crippen molar-refractivity contribution in [3.8, 4) is 0 Å². The fourth-order valence-corrected chi connectivity index (χ4v) is 2.58. The zero-order valence-electron chi connectivity index (χ0n) is 10.3. The fraction of sp³-hybridized carbons (Fsp3) is 0.429. The van der Waals surface area contributed by atoms with E-state index in [0.29, 0.717) is 0 Å². The number of fused-ring (bicyclic) bond motifs is 1. The van der Waals surface area contributed by atoms with Gasteiger partial charge in [-0.1, -0.05) is 28.9 Å². The molecule has 0 aliphatic carbocycles. The third-order valence-corrected chi connectivity index (χ3v) is 3.60. The van der Waals surface area contributed by atoms with Gasteiger partial charge in [0.25, 0.3) is 0 Å². The first-order valence-corrected chi connectivity index (χ1v) is 6.89. The number of aryl methyl sites for hydroxylation is 1. The van der Waals surface area contributed by atoms with Gasteiger partial charge in [-0.2, -0.15) is 0 Å². The SMILES string of the molecule is CCCNCCc1coc2c(C)ccc(Br)c12. The van der Waals surface area contributed by atoms with Crippen LogP contribution in [0.25, 0.3) is 11.0 Å². The first-order chi connectivity index (χ1) is 8.24. The Hall–Kier alpha value is -0.800. The lowest BCUT2D eigenvalue weighted by atomic mass is 10.1. The average Bonchev–Trinajstić information content (AvgIpc) is 2.75. The molecule has 1 aromatic heterocycles. The Morgan fingerprint density at radius 2 is 2.12 bits per heavy atom. The van der Waals surface area contributed by atoms with Crippen molar-refractivity contribution in [1.29, 1.82) is 0 Å². The van der Waals surface area contributed by atoms with Crippen LogP contribution >= 0.6 is 15.9 Å². The van der Waals surface area contributed by atoms with Crippen LogP contribution < -0.4 is 5.32 Å². The second-order valence-electron chi connectivity index (χ2n) is 4.33. The Morgan fingerprint density at radius 3 is 2.88 bits per heavy atom. The normalized spacial score (nSPS) is 11.2. The predicted octanol–water partition coefficient (Wildman–Crippen LogP) is 4.05. The topological polar surface area (TPSA) is 25.2 Å². The zero-order chi connectivity index (χ0) is 12.3. The minimum Gasteiger partial charge on any atom is -0.464 e. The van der Waals surface area contributed by atoms with Crippen molar-refractivity contribution in [2.75, 3.05) is 13.1 Å². The van der Waals surface area contributed by atoms with Crippen molar-refractivity contribution in [2.24, 2.45) is 0 Å². The van der Waals surface area contributed by atoms with E-state index in [2.05, 4.69) is 47.2 Å². The van der Waals surface area contributed by atoms with Crippen LogP contribution in [0, 0.1) is 6.92 Å². The van der Waals surface area contributed by atoms with Gasteiger partial charge in [-0.15, -0.1) is 0 Å². The van der Waals surface area contributed by atoms with Crippen molar-refractivity contribution in [3.63, 3.8) is 0 Å². The molecule has 0 saturated heterocycles. The maximum Gasteiger partial charge on any atom is 0.138 e. The molecule has 2 aromatic rings. The molecule has 1 aromatic carbocycles. The van der Waals surface area contributed by atoms with Gasteiger partial charge in [0.15, 0.2) is 0 Å². The smallest absolute Gasteiger partial charge is 0.138 e. The highest BCUT2D eigenvalue weighted by atomic mass is 79.9. The van der Waals surface area contributed by atoms with E-state index in [4.69, 9.17) is 4.42 Å². The Balaban J connectivity index is 2.20. The molecule has 1 N–H and O–H groups in total. The Morgan fingerprint density at radius 1 is 1.29 bits per heavy atom. The molecule has 92 valence electrons. The summed E-state index contributed by atoms with van der Waals surface area (Å²) >= 11 is 3.60. The molecule has 0 aliphatic heterocycles. The van der Waals surface area contributed by atoms with Crippen molar-refractivity contribution < 1.29 is 4.42 Å². The number of halogens is 1. The average molecular weight is 296 g/mol. The lowest BCUT2D eigenvalue weighted by Crippen LogP contribution is -2.17. The molecular weight excluding hydrogens is 278 g/mol. The van der Waals surface area contributed by atoms with Gasteiger partial charge in [0.2, 0.25) is 0 Å². The first kappa shape index (κ1) is 12.7. The van der Waals surface area contributed by atoms with Crippen molar-refractivity contribution in [2.45, 2.75) is 26.7 Å². The molecule has 0 unspecified atom stereocenters. The standard InChI is InChI=1S/C14H18BrNO/c1-3-7-16-8-6-11-9-17-14-10(2)4-5-12(15)13(11)14/h4-5,9,16H,3,6-8H2,1-2H3. The van der Waals surface area contributed by atoms with Crippen LogP contribution in [-0.2, 0) is 6.42 Å². The molecule has 0 atom stereocenters. The van der Waals surface area contributed by atoms with E-state index in [1.807, 2.05) is 6.26 Å². The monoisotopic (exact) mass is 295 g/mol. The summed E-state index contributed by atoms with van der Waals surface area (Å²) in [4.78, 5) is 0. The summed E-state index contributed by atoms with van der Waals surface area (Å²) in [6.45, 7) is 6.34. The maximum absolute atomic E-state index is 5.66. The lowest BCUT2D eigenvalue weighted by molar-refractivity contribution is 0.603. The third kappa shape index (κ3) is 2.72. The number of rotatable bonds is 5. The van der Waals surface area contributed by atoms with Crippen molar-refractivity contribution in [3.05, 3.63) is 34.0 Å². The molecular formula is C14H18BrNO. The van der Waals surface area contributed by atoms with Crippen LogP contribution in [0.4, 0.5) is 0 Å². The van der Waals surface area contributed by atoms with Crippen LogP contribution in [-0.4, -0.2) is 13.1 Å². The van der Waals surface area contributed by atoms with E-state index in [0.717, 1.165) is 29.6 Å². The first-order valence-electron chi connectivity index (χ1n) is 6.10. The van der Waals surface area contributed by atoms with Crippen LogP contribution in [0.1, 0.15) is 24.5 Å². The highest BCUT2D eigenvalue weighted by molar-refractivity contribution is 9.10. The quantitative estimate of drug-likeness (QED) is 0.842. The predicted molar refractivity (Wildman–Crippen MR) is 75.5 cm³/mol. The molecule has 2 rings (SSSR count). The fourth-order valence-electron chi connectivity index (χ4n) is 2.01. The molecule has 0 spiro atoms. The van der Waals surface area contributed by atoms with Crippen LogP contribution in [0.2, 0.25) is 0 Å². The Kier molecular flexibility index (Phi) is 4.24. The number of hydrogen-bond acceptors (Lipinski definition) is 2. The third-order valence-electron chi connectivity index (χ3n) is 2.94. The van der Waals surface area contributed by atoms with Gasteiger partial charge < -0.3 is 9.73 Å². The highest BCUT2D eigenvalue weighted by Gasteiger charge is 2.10. The summed E-state index contributed by atoms with van der Waals surface area (Å²) < 4.78 is 6.78. The van der Waals surface area contributed by atoms with E-state index in [1.54, 1.807) is 0 Å². The van der Waals surface area contributed by atoms with Gasteiger partial charge in [0, 0.05) is 15.4 Å². The van der Waals surface area contributed by atoms with Gasteiger partial charge in [0.05, 0.1) is 6.26 Å². The minimum atomic E-state index is 1.00. The van der Waals surface area contributed by atoms with E-state index in [1.165, 1.54) is 22.9 Å². The summed E-state index contributed by atoms with van der Waals surface area (Å²) in [7, 11) is 0. The molecule has 1 heterocycles. The molecule has 2 nitrogen and oxygen atoms in total. The molecule has 3 heteroatoms. The van der Waals surface area contributed by atoms with Crippen LogP contribution in [0.5, 0.6) is 0 Å². The summed E-state index contributed by atoms with van der Waals surface area (Å²) in [6.07, 6.45) is 4.07. The van der Waals surface area contributed by atoms with Gasteiger partial charge in [-0.05, 0) is 44.5 Å². The number of benzene rings is 1. The van der Waals surface area contributed by atoms with Crippen molar-refractivity contribution in [1.82, 2.24) is 5.32 Å². The molecule has 0 saturated carbocycles. The van der Waals surface area contributed by atoms with Gasteiger partial charge in [-0.25, -0.2) is 0 Å². The largest absolute Gasteiger partial charge is 0.464 e. The van der Waals surface area contributed by atoms with E-state index < -0.39 is 0 Å². The summed E-state index contributed by atoms with van der Waals surface area (Å²) in [5.41, 5.74) is 3.47. The summed E-state index contributed by atoms with van der Waals surface area (Å²) in [6, 6.07) is 4.17. The number of hydrogen-bond donors (Lipinski definition) is 1. The summed E-state index contributed by atoms with van der Waals surface area (Å²) in [5, 5.41) is 4.64. The van der Waals surface area contributed by atoms with Crippen molar-refractivity contribution >= 4 is 26.9 Å². The summed E-state index contributed by atoms with van der Waals surface area (Å²) in [5.74, 6) is 0.